The first kappa shape index (κ1) is 15.4. The molecule has 0 saturated heterocycles. The molecule has 2 aromatic rings. The number of hydrogen-bond donors (Lipinski definition) is 2. The summed E-state index contributed by atoms with van der Waals surface area (Å²) in [5.41, 5.74) is 10.2. The molecule has 0 unspecified atom stereocenters. The standard InChI is InChI=1S/C16H20N2O2S/c1-10-5-6-12(3)15(9-10)21(19,20)18-16-13(4)11(2)7-8-14(16)17/h5-9,18H,17H2,1-4H3. The molecule has 0 aliphatic carbocycles. The number of nitrogen functional groups attached to an aromatic ring is 1. The molecule has 3 N–H and O–H groups in total. The smallest absolute Gasteiger partial charge is 0.262 e. The van der Waals surface area contributed by atoms with Crippen LogP contribution in [0.1, 0.15) is 22.3 Å². The first-order valence-corrected chi connectivity index (χ1v) is 8.16. The molecule has 0 fully saturated rings. The fourth-order valence-corrected chi connectivity index (χ4v) is 3.64. The lowest BCUT2D eigenvalue weighted by Gasteiger charge is -2.16. The van der Waals surface area contributed by atoms with Crippen LogP contribution < -0.4 is 10.5 Å². The van der Waals surface area contributed by atoms with Crippen LogP contribution in [0.2, 0.25) is 0 Å². The highest BCUT2D eigenvalue weighted by Crippen LogP contribution is 2.29. The fourth-order valence-electron chi connectivity index (χ4n) is 2.16. The van der Waals surface area contributed by atoms with Crippen molar-refractivity contribution >= 4 is 21.4 Å². The molecule has 0 atom stereocenters. The van der Waals surface area contributed by atoms with Crippen LogP contribution in [-0.2, 0) is 10.0 Å². The molecule has 2 rings (SSSR count). The third kappa shape index (κ3) is 3.03. The summed E-state index contributed by atoms with van der Waals surface area (Å²) in [6.45, 7) is 7.42. The van der Waals surface area contributed by atoms with Gasteiger partial charge in [0.2, 0.25) is 0 Å². The van der Waals surface area contributed by atoms with Crippen molar-refractivity contribution in [2.75, 3.05) is 10.5 Å². The lowest BCUT2D eigenvalue weighted by molar-refractivity contribution is 0.600. The first-order chi connectivity index (χ1) is 9.72. The van der Waals surface area contributed by atoms with Crippen molar-refractivity contribution in [2.45, 2.75) is 32.6 Å². The van der Waals surface area contributed by atoms with E-state index in [4.69, 9.17) is 5.73 Å². The van der Waals surface area contributed by atoms with Gasteiger partial charge in [0, 0.05) is 0 Å². The van der Waals surface area contributed by atoms with Crippen LogP contribution in [0.5, 0.6) is 0 Å². The molecule has 0 saturated carbocycles. The Hall–Kier alpha value is -2.01. The monoisotopic (exact) mass is 304 g/mol. The number of aryl methyl sites for hydroxylation is 3. The number of nitrogens with two attached hydrogens (primary N) is 1. The average Bonchev–Trinajstić information content (AvgIpc) is 2.42. The summed E-state index contributed by atoms with van der Waals surface area (Å²) in [5, 5.41) is 0. The van der Waals surface area contributed by atoms with Gasteiger partial charge in [-0.1, -0.05) is 18.2 Å². The van der Waals surface area contributed by atoms with Crippen LogP contribution in [0, 0.1) is 27.7 Å². The van der Waals surface area contributed by atoms with E-state index in [-0.39, 0.29) is 4.90 Å². The highest BCUT2D eigenvalue weighted by Gasteiger charge is 2.19. The predicted molar refractivity (Wildman–Crippen MR) is 87.1 cm³/mol. The van der Waals surface area contributed by atoms with E-state index >= 15 is 0 Å². The molecule has 4 nitrogen and oxygen atoms in total. The van der Waals surface area contributed by atoms with E-state index < -0.39 is 10.0 Å². The second-order valence-corrected chi connectivity index (χ2v) is 7.00. The van der Waals surface area contributed by atoms with Crippen molar-refractivity contribution in [2.24, 2.45) is 0 Å². The first-order valence-electron chi connectivity index (χ1n) is 6.68. The highest BCUT2D eigenvalue weighted by molar-refractivity contribution is 7.92. The van der Waals surface area contributed by atoms with E-state index in [1.807, 2.05) is 32.9 Å². The molecule has 0 spiro atoms. The maximum absolute atomic E-state index is 12.6. The molecule has 5 heteroatoms. The van der Waals surface area contributed by atoms with Gasteiger partial charge < -0.3 is 5.73 Å². The van der Waals surface area contributed by atoms with Crippen molar-refractivity contribution in [1.29, 1.82) is 0 Å². The van der Waals surface area contributed by atoms with Crippen LogP contribution in [0.15, 0.2) is 35.2 Å². The van der Waals surface area contributed by atoms with Gasteiger partial charge in [0.25, 0.3) is 10.0 Å². The van der Waals surface area contributed by atoms with Crippen molar-refractivity contribution in [3.63, 3.8) is 0 Å². The summed E-state index contributed by atoms with van der Waals surface area (Å²) < 4.78 is 27.9. The molecule has 0 radical (unpaired) electrons. The van der Waals surface area contributed by atoms with E-state index in [0.29, 0.717) is 16.9 Å². The lowest BCUT2D eigenvalue weighted by Crippen LogP contribution is -2.16. The second kappa shape index (κ2) is 5.41. The number of nitrogens with one attached hydrogen (secondary N) is 1. The summed E-state index contributed by atoms with van der Waals surface area (Å²) in [7, 11) is -3.66. The van der Waals surface area contributed by atoms with Gasteiger partial charge in [0.05, 0.1) is 16.3 Å². The van der Waals surface area contributed by atoms with Crippen LogP contribution in [0.3, 0.4) is 0 Å². The highest BCUT2D eigenvalue weighted by atomic mass is 32.2. The Balaban J connectivity index is 2.53. The number of benzene rings is 2. The van der Waals surface area contributed by atoms with E-state index in [0.717, 1.165) is 16.7 Å². The number of rotatable bonds is 3. The van der Waals surface area contributed by atoms with E-state index in [1.54, 1.807) is 25.1 Å². The SMILES string of the molecule is Cc1ccc(C)c(S(=O)(=O)Nc2c(N)ccc(C)c2C)c1. The fraction of sp³-hybridized carbons (Fsp3) is 0.250. The normalized spacial score (nSPS) is 11.4. The lowest BCUT2D eigenvalue weighted by atomic mass is 10.1. The minimum Gasteiger partial charge on any atom is -0.397 e. The predicted octanol–water partition coefficient (Wildman–Crippen LogP) is 3.30. The van der Waals surface area contributed by atoms with Crippen LogP contribution in [0.25, 0.3) is 0 Å². The molecule has 2 aromatic carbocycles. The average molecular weight is 304 g/mol. The summed E-state index contributed by atoms with van der Waals surface area (Å²) in [5.74, 6) is 0. The molecule has 0 heterocycles. The largest absolute Gasteiger partial charge is 0.397 e. The Morgan fingerprint density at radius 2 is 1.57 bits per heavy atom. The summed E-state index contributed by atoms with van der Waals surface area (Å²) >= 11 is 0. The van der Waals surface area contributed by atoms with Crippen molar-refractivity contribution in [3.8, 4) is 0 Å². The Bertz CT molecular complexity index is 796. The second-order valence-electron chi connectivity index (χ2n) is 5.35. The van der Waals surface area contributed by atoms with Gasteiger partial charge in [-0.2, -0.15) is 0 Å². The zero-order chi connectivity index (χ0) is 15.8. The van der Waals surface area contributed by atoms with E-state index in [2.05, 4.69) is 4.72 Å². The van der Waals surface area contributed by atoms with Crippen LogP contribution in [-0.4, -0.2) is 8.42 Å². The van der Waals surface area contributed by atoms with Crippen molar-refractivity contribution in [1.82, 2.24) is 0 Å². The van der Waals surface area contributed by atoms with E-state index in [9.17, 15) is 8.42 Å². The minimum absolute atomic E-state index is 0.280. The zero-order valence-corrected chi connectivity index (χ0v) is 13.5. The van der Waals surface area contributed by atoms with Gasteiger partial charge in [-0.15, -0.1) is 0 Å². The molecule has 0 aliphatic heterocycles. The topological polar surface area (TPSA) is 72.2 Å². The Morgan fingerprint density at radius 1 is 0.952 bits per heavy atom. The molecular weight excluding hydrogens is 284 g/mol. The third-order valence-electron chi connectivity index (χ3n) is 3.64. The Morgan fingerprint density at radius 3 is 2.24 bits per heavy atom. The van der Waals surface area contributed by atoms with Crippen LogP contribution >= 0.6 is 0 Å². The van der Waals surface area contributed by atoms with Crippen LogP contribution in [0.4, 0.5) is 11.4 Å². The Labute approximate surface area is 126 Å². The van der Waals surface area contributed by atoms with Gasteiger partial charge in [0.1, 0.15) is 0 Å². The molecule has 112 valence electrons. The zero-order valence-electron chi connectivity index (χ0n) is 12.7. The van der Waals surface area contributed by atoms with Crippen molar-refractivity contribution < 1.29 is 8.42 Å². The molecule has 0 amide bonds. The summed E-state index contributed by atoms with van der Waals surface area (Å²) in [6.07, 6.45) is 0. The quantitative estimate of drug-likeness (QED) is 0.855. The molecular formula is C16H20N2O2S. The van der Waals surface area contributed by atoms with Crippen molar-refractivity contribution in [3.05, 3.63) is 52.6 Å². The number of anilines is 2. The van der Waals surface area contributed by atoms with Gasteiger partial charge in [-0.3, -0.25) is 4.72 Å². The summed E-state index contributed by atoms with van der Waals surface area (Å²) in [6, 6.07) is 8.94. The number of hydrogen-bond acceptors (Lipinski definition) is 3. The molecule has 0 bridgehead atoms. The van der Waals surface area contributed by atoms with Gasteiger partial charge in [-0.05, 0) is 62.1 Å². The molecule has 0 aromatic heterocycles. The minimum atomic E-state index is -3.66. The molecule has 21 heavy (non-hydrogen) atoms. The van der Waals surface area contributed by atoms with E-state index in [1.165, 1.54) is 0 Å². The number of sulfonamides is 1. The molecule has 0 aliphatic rings. The third-order valence-corrected chi connectivity index (χ3v) is 5.13. The maximum atomic E-state index is 12.6. The van der Waals surface area contributed by atoms with Gasteiger partial charge in [0.15, 0.2) is 0 Å². The van der Waals surface area contributed by atoms with Gasteiger partial charge >= 0.3 is 0 Å². The summed E-state index contributed by atoms with van der Waals surface area (Å²) in [4.78, 5) is 0.280. The van der Waals surface area contributed by atoms with Gasteiger partial charge in [-0.25, -0.2) is 8.42 Å². The maximum Gasteiger partial charge on any atom is 0.262 e. The Kier molecular flexibility index (Phi) is 3.96.